The Kier molecular flexibility index (Phi) is 9.60. The first-order valence-electron chi connectivity index (χ1n) is 11.7. The number of hydrogen-bond donors (Lipinski definition) is 1. The zero-order valence-electron chi connectivity index (χ0n) is 21.5. The van der Waals surface area contributed by atoms with E-state index in [0.717, 1.165) is 5.56 Å². The minimum Gasteiger partial charge on any atom is -0.389 e. The van der Waals surface area contributed by atoms with Gasteiger partial charge in [-0.3, -0.25) is 4.79 Å². The number of nitrogens with one attached hydrogen (secondary N) is 1. The van der Waals surface area contributed by atoms with Crippen LogP contribution >= 0.6 is 0 Å². The minimum atomic E-state index is -0.487. The van der Waals surface area contributed by atoms with Crippen LogP contribution in [0.2, 0.25) is 0 Å². The first kappa shape index (κ1) is 26.9. The van der Waals surface area contributed by atoms with Crippen molar-refractivity contribution in [1.82, 2.24) is 25.2 Å². The quantitative estimate of drug-likeness (QED) is 0.231. The highest BCUT2D eigenvalue weighted by atomic mass is 16.7. The van der Waals surface area contributed by atoms with Gasteiger partial charge in [-0.15, -0.1) is 5.10 Å². The minimum absolute atomic E-state index is 0.0130. The molecule has 36 heavy (non-hydrogen) atoms. The fraction of sp³-hybridized carbons (Fsp3) is 0.440. The Morgan fingerprint density at radius 1 is 1.08 bits per heavy atom. The van der Waals surface area contributed by atoms with Gasteiger partial charge in [0.25, 0.3) is 0 Å². The second-order valence-corrected chi connectivity index (χ2v) is 8.65. The van der Waals surface area contributed by atoms with Crippen molar-refractivity contribution < 1.29 is 19.1 Å². The number of ether oxygens (including phenoxy) is 2. The molecule has 0 aliphatic heterocycles. The number of oxime groups is 1. The molecule has 0 spiro atoms. The maximum atomic E-state index is 12.9. The van der Waals surface area contributed by atoms with E-state index in [1.165, 1.54) is 4.68 Å². The van der Waals surface area contributed by atoms with E-state index in [0.29, 0.717) is 23.0 Å². The van der Waals surface area contributed by atoms with Gasteiger partial charge in [-0.25, -0.2) is 9.67 Å². The molecule has 0 fully saturated rings. The summed E-state index contributed by atoms with van der Waals surface area (Å²) in [6.07, 6.45) is -0.500. The lowest BCUT2D eigenvalue weighted by Crippen LogP contribution is -2.36. The Balaban J connectivity index is 1.67. The average Bonchev–Trinajstić information content (AvgIpc) is 3.30. The third-order valence-electron chi connectivity index (χ3n) is 5.58. The monoisotopic (exact) mass is 495 g/mol. The van der Waals surface area contributed by atoms with Gasteiger partial charge in [-0.1, -0.05) is 55.4 Å². The molecule has 0 aliphatic carbocycles. The van der Waals surface area contributed by atoms with E-state index in [2.05, 4.69) is 31.0 Å². The Morgan fingerprint density at radius 3 is 2.47 bits per heavy atom. The summed E-state index contributed by atoms with van der Waals surface area (Å²) < 4.78 is 12.7. The van der Waals surface area contributed by atoms with E-state index >= 15 is 0 Å². The van der Waals surface area contributed by atoms with E-state index in [9.17, 15) is 4.79 Å². The number of pyridine rings is 1. The number of amides is 1. The molecule has 3 rings (SSSR count). The molecular formula is C25H33N7O4. The lowest BCUT2D eigenvalue weighted by Gasteiger charge is -2.28. The summed E-state index contributed by atoms with van der Waals surface area (Å²) in [7, 11) is 3.30. The molecule has 11 heteroatoms. The molecule has 3 unspecified atom stereocenters. The molecular weight excluding hydrogens is 462 g/mol. The fourth-order valence-corrected chi connectivity index (χ4v) is 3.42. The predicted molar refractivity (Wildman–Crippen MR) is 134 cm³/mol. The number of benzene rings is 1. The number of carbonyl (C=O) groups excluding carboxylic acids is 1. The molecule has 1 amide bonds. The van der Waals surface area contributed by atoms with Crippen LogP contribution in [0.15, 0.2) is 53.7 Å². The molecule has 0 saturated carbocycles. The van der Waals surface area contributed by atoms with Crippen molar-refractivity contribution in [2.45, 2.75) is 46.7 Å². The van der Waals surface area contributed by atoms with Crippen LogP contribution in [0.1, 0.15) is 44.8 Å². The molecule has 3 atom stereocenters. The van der Waals surface area contributed by atoms with Crippen LogP contribution in [0.4, 0.5) is 5.82 Å². The number of tetrazole rings is 1. The van der Waals surface area contributed by atoms with Crippen LogP contribution < -0.4 is 5.32 Å². The number of aryl methyl sites for hydroxylation is 1. The average molecular weight is 496 g/mol. The van der Waals surface area contributed by atoms with Crippen LogP contribution in [-0.4, -0.2) is 56.3 Å². The molecule has 1 N–H and O–H groups in total. The van der Waals surface area contributed by atoms with Gasteiger partial charge in [-0.05, 0) is 36.4 Å². The predicted octanol–water partition coefficient (Wildman–Crippen LogP) is 3.18. The first-order valence-corrected chi connectivity index (χ1v) is 11.7. The molecule has 2 aromatic heterocycles. The Labute approximate surface area is 210 Å². The number of anilines is 1. The lowest BCUT2D eigenvalue weighted by molar-refractivity contribution is -0.182. The summed E-state index contributed by atoms with van der Waals surface area (Å²) >= 11 is 0. The number of aromatic nitrogens is 5. The summed E-state index contributed by atoms with van der Waals surface area (Å²) in [5.74, 6) is 0.178. The molecule has 1 aromatic carbocycles. The number of methoxy groups -OCH3 is 1. The van der Waals surface area contributed by atoms with Gasteiger partial charge in [0.15, 0.2) is 18.6 Å². The third kappa shape index (κ3) is 7.15. The van der Waals surface area contributed by atoms with Crippen LogP contribution in [0.3, 0.4) is 0 Å². The van der Waals surface area contributed by atoms with Gasteiger partial charge < -0.3 is 19.6 Å². The fourth-order valence-electron chi connectivity index (χ4n) is 3.42. The van der Waals surface area contributed by atoms with Crippen molar-refractivity contribution in [3.8, 4) is 0 Å². The highest BCUT2D eigenvalue weighted by Gasteiger charge is 2.29. The summed E-state index contributed by atoms with van der Waals surface area (Å²) in [5.41, 5.74) is 1.90. The van der Waals surface area contributed by atoms with Gasteiger partial charge in [0.2, 0.25) is 11.7 Å². The van der Waals surface area contributed by atoms with Gasteiger partial charge in [0.05, 0.1) is 11.8 Å². The maximum Gasteiger partial charge on any atom is 0.228 e. The van der Waals surface area contributed by atoms with Gasteiger partial charge >= 0.3 is 0 Å². The van der Waals surface area contributed by atoms with Crippen molar-refractivity contribution >= 4 is 17.4 Å². The topological polar surface area (TPSA) is 126 Å². The largest absolute Gasteiger partial charge is 0.389 e. The smallest absolute Gasteiger partial charge is 0.228 e. The van der Waals surface area contributed by atoms with Crippen LogP contribution in [0.5, 0.6) is 0 Å². The summed E-state index contributed by atoms with van der Waals surface area (Å²) in [6, 6.07) is 14.8. The van der Waals surface area contributed by atoms with Crippen LogP contribution in [0.25, 0.3) is 0 Å². The molecule has 0 saturated heterocycles. The van der Waals surface area contributed by atoms with Crippen LogP contribution in [-0.2, 0) is 32.8 Å². The van der Waals surface area contributed by atoms with E-state index < -0.39 is 6.29 Å². The van der Waals surface area contributed by atoms with Gasteiger partial charge in [0, 0.05) is 31.6 Å². The standard InChI is InChI=1S/C25H33N7O4/c1-16(2)36-25(34-6)18(4)17(3)24(33)27-21-14-10-13-20(26-21)15-35-29-22(19-11-8-7-9-12-19)23-28-30-31-32(23)5/h7-14,16-18,25H,15H2,1-6H3,(H,26,27,33)/b29-22-. The van der Waals surface area contributed by atoms with Gasteiger partial charge in [-0.2, -0.15) is 0 Å². The zero-order valence-corrected chi connectivity index (χ0v) is 21.5. The maximum absolute atomic E-state index is 12.9. The second-order valence-electron chi connectivity index (χ2n) is 8.65. The molecule has 2 heterocycles. The number of nitrogens with zero attached hydrogens (tertiary/aromatic N) is 6. The number of hydrogen-bond acceptors (Lipinski definition) is 9. The normalized spacial score (nSPS) is 14.4. The van der Waals surface area contributed by atoms with Crippen molar-refractivity contribution in [2.75, 3.05) is 12.4 Å². The highest BCUT2D eigenvalue weighted by molar-refractivity contribution is 6.10. The summed E-state index contributed by atoms with van der Waals surface area (Å²) in [5, 5.41) is 18.8. The van der Waals surface area contributed by atoms with Gasteiger partial charge in [0.1, 0.15) is 5.82 Å². The summed E-state index contributed by atoms with van der Waals surface area (Å²) in [4.78, 5) is 23.0. The van der Waals surface area contributed by atoms with Crippen molar-refractivity contribution in [3.63, 3.8) is 0 Å². The SMILES string of the molecule is COC(OC(C)C)C(C)C(C)C(=O)Nc1cccc(CO/N=C(/c2ccccc2)c2nnnn2C)n1. The highest BCUT2D eigenvalue weighted by Crippen LogP contribution is 2.21. The Hall–Kier alpha value is -3.70. The zero-order chi connectivity index (χ0) is 26.1. The van der Waals surface area contributed by atoms with Crippen molar-refractivity contribution in [2.24, 2.45) is 24.0 Å². The molecule has 192 valence electrons. The lowest BCUT2D eigenvalue weighted by atomic mass is 9.94. The molecule has 11 nitrogen and oxygen atoms in total. The molecule has 0 bridgehead atoms. The molecule has 0 aliphatic rings. The Morgan fingerprint density at radius 2 is 1.83 bits per heavy atom. The molecule has 0 radical (unpaired) electrons. The van der Waals surface area contributed by atoms with Crippen molar-refractivity contribution in [3.05, 3.63) is 65.6 Å². The second kappa shape index (κ2) is 12.8. The van der Waals surface area contributed by atoms with Crippen molar-refractivity contribution in [1.29, 1.82) is 0 Å². The van der Waals surface area contributed by atoms with E-state index in [-0.39, 0.29) is 30.5 Å². The number of rotatable bonds is 12. The van der Waals surface area contributed by atoms with E-state index in [1.807, 2.05) is 58.0 Å². The van der Waals surface area contributed by atoms with Crippen LogP contribution in [0, 0.1) is 11.8 Å². The molecule has 3 aromatic rings. The first-order chi connectivity index (χ1) is 17.3. The third-order valence-corrected chi connectivity index (χ3v) is 5.58. The van der Waals surface area contributed by atoms with E-state index in [4.69, 9.17) is 14.3 Å². The Bertz CT molecular complexity index is 1150. The van der Waals surface area contributed by atoms with E-state index in [1.54, 1.807) is 32.4 Å². The summed E-state index contributed by atoms with van der Waals surface area (Å²) in [6.45, 7) is 7.71. The number of carbonyl (C=O) groups is 1.